The molecule has 16 heavy (non-hydrogen) atoms. The van der Waals surface area contributed by atoms with Crippen LogP contribution < -0.4 is 0 Å². The van der Waals surface area contributed by atoms with Crippen molar-refractivity contribution in [1.82, 2.24) is 9.80 Å². The fourth-order valence-electron chi connectivity index (χ4n) is 1.62. The Labute approximate surface area is 99.2 Å². The van der Waals surface area contributed by atoms with Crippen LogP contribution in [-0.4, -0.2) is 59.1 Å². The summed E-state index contributed by atoms with van der Waals surface area (Å²) >= 11 is 0. The summed E-state index contributed by atoms with van der Waals surface area (Å²) in [7, 11) is 0. The molecule has 0 aromatic carbocycles. The van der Waals surface area contributed by atoms with Crippen molar-refractivity contribution in [2.24, 2.45) is 0 Å². The van der Waals surface area contributed by atoms with Gasteiger partial charge >= 0.3 is 5.97 Å². The summed E-state index contributed by atoms with van der Waals surface area (Å²) in [5.41, 5.74) is -0.0917. The zero-order chi connectivity index (χ0) is 12.8. The maximum Gasteiger partial charge on any atom is 0.317 e. The highest BCUT2D eigenvalue weighted by Gasteiger charge is 2.23. The Balaban J connectivity index is 4.27. The van der Waals surface area contributed by atoms with Crippen molar-refractivity contribution in [3.63, 3.8) is 0 Å². The average Bonchev–Trinajstić information content (AvgIpc) is 2.15. The second-order valence-corrected chi connectivity index (χ2v) is 5.01. The summed E-state index contributed by atoms with van der Waals surface area (Å²) in [6, 6.07) is 0. The SMILES string of the molecule is CCN(CC)CCN(CC(=O)O)C(C)(C)C. The van der Waals surface area contributed by atoms with Crippen molar-refractivity contribution in [3.05, 3.63) is 0 Å². The van der Waals surface area contributed by atoms with Gasteiger partial charge in [0.15, 0.2) is 0 Å². The van der Waals surface area contributed by atoms with Crippen LogP contribution in [0.4, 0.5) is 0 Å². The molecule has 1 N–H and O–H groups in total. The van der Waals surface area contributed by atoms with Gasteiger partial charge in [0.2, 0.25) is 0 Å². The fourth-order valence-corrected chi connectivity index (χ4v) is 1.62. The first-order valence-corrected chi connectivity index (χ1v) is 6.00. The smallest absolute Gasteiger partial charge is 0.317 e. The van der Waals surface area contributed by atoms with Gasteiger partial charge in [0.1, 0.15) is 0 Å². The third-order valence-corrected chi connectivity index (χ3v) is 2.86. The summed E-state index contributed by atoms with van der Waals surface area (Å²) in [4.78, 5) is 15.1. The van der Waals surface area contributed by atoms with Gasteiger partial charge in [-0.2, -0.15) is 0 Å². The predicted molar refractivity (Wildman–Crippen MR) is 66.7 cm³/mol. The molecule has 0 saturated heterocycles. The lowest BCUT2D eigenvalue weighted by Gasteiger charge is -2.35. The highest BCUT2D eigenvalue weighted by Crippen LogP contribution is 2.12. The van der Waals surface area contributed by atoms with Crippen LogP contribution in [0.1, 0.15) is 34.6 Å². The summed E-state index contributed by atoms with van der Waals surface area (Å²) in [5.74, 6) is -0.755. The van der Waals surface area contributed by atoms with Crippen molar-refractivity contribution in [2.75, 3.05) is 32.7 Å². The topological polar surface area (TPSA) is 43.8 Å². The molecule has 0 aromatic rings. The van der Waals surface area contributed by atoms with Gasteiger partial charge in [-0.15, -0.1) is 0 Å². The second kappa shape index (κ2) is 6.86. The number of aliphatic carboxylic acids is 1. The van der Waals surface area contributed by atoms with Crippen molar-refractivity contribution in [3.8, 4) is 0 Å². The molecule has 0 heterocycles. The summed E-state index contributed by atoms with van der Waals surface area (Å²) in [6.45, 7) is 14.3. The van der Waals surface area contributed by atoms with E-state index in [1.54, 1.807) is 0 Å². The van der Waals surface area contributed by atoms with Crippen LogP contribution in [0.3, 0.4) is 0 Å². The summed E-state index contributed by atoms with van der Waals surface area (Å²) in [6.07, 6.45) is 0. The minimum Gasteiger partial charge on any atom is -0.480 e. The highest BCUT2D eigenvalue weighted by molar-refractivity contribution is 5.69. The standard InChI is InChI=1S/C12H26N2O2/c1-6-13(7-2)8-9-14(10-11(15)16)12(3,4)5/h6-10H2,1-5H3,(H,15,16). The fraction of sp³-hybridized carbons (Fsp3) is 0.917. The molecule has 0 bridgehead atoms. The van der Waals surface area contributed by atoms with Crippen molar-refractivity contribution in [2.45, 2.75) is 40.2 Å². The first-order chi connectivity index (χ1) is 7.31. The number of likely N-dealkylation sites (N-methyl/N-ethyl adjacent to an activating group) is 1. The third-order valence-electron chi connectivity index (χ3n) is 2.86. The molecule has 0 fully saturated rings. The lowest BCUT2D eigenvalue weighted by molar-refractivity contribution is -0.139. The monoisotopic (exact) mass is 230 g/mol. The Bertz CT molecular complexity index is 208. The summed E-state index contributed by atoms with van der Waals surface area (Å²) in [5, 5.41) is 8.87. The number of hydrogen-bond donors (Lipinski definition) is 1. The van der Waals surface area contributed by atoms with E-state index in [0.717, 1.165) is 26.2 Å². The quantitative estimate of drug-likeness (QED) is 0.720. The van der Waals surface area contributed by atoms with Gasteiger partial charge in [0.25, 0.3) is 0 Å². The van der Waals surface area contributed by atoms with E-state index in [1.165, 1.54) is 0 Å². The molecule has 4 heteroatoms. The van der Waals surface area contributed by atoms with E-state index in [4.69, 9.17) is 5.11 Å². The first-order valence-electron chi connectivity index (χ1n) is 6.00. The zero-order valence-electron chi connectivity index (χ0n) is 11.3. The molecule has 0 aliphatic carbocycles. The Morgan fingerprint density at radius 1 is 1.12 bits per heavy atom. The van der Waals surface area contributed by atoms with Gasteiger partial charge in [-0.25, -0.2) is 0 Å². The maximum absolute atomic E-state index is 10.8. The second-order valence-electron chi connectivity index (χ2n) is 5.01. The molecule has 0 saturated carbocycles. The summed E-state index contributed by atoms with van der Waals surface area (Å²) < 4.78 is 0. The number of carboxylic acid groups (broad SMARTS) is 1. The van der Waals surface area contributed by atoms with Gasteiger partial charge < -0.3 is 10.0 Å². The average molecular weight is 230 g/mol. The van der Waals surface area contributed by atoms with Gasteiger partial charge in [0.05, 0.1) is 6.54 Å². The van der Waals surface area contributed by atoms with Crippen molar-refractivity contribution >= 4 is 5.97 Å². The molecule has 96 valence electrons. The Kier molecular flexibility index (Phi) is 6.60. The number of carboxylic acids is 1. The Morgan fingerprint density at radius 3 is 1.94 bits per heavy atom. The van der Waals surface area contributed by atoms with Gasteiger partial charge in [-0.3, -0.25) is 9.69 Å². The van der Waals surface area contributed by atoms with Crippen LogP contribution in [0.25, 0.3) is 0 Å². The zero-order valence-corrected chi connectivity index (χ0v) is 11.3. The molecule has 0 aliphatic rings. The van der Waals surface area contributed by atoms with E-state index in [2.05, 4.69) is 39.5 Å². The normalized spacial score (nSPS) is 12.4. The van der Waals surface area contributed by atoms with Crippen LogP contribution in [-0.2, 0) is 4.79 Å². The molecule has 0 atom stereocenters. The molecular formula is C12H26N2O2. The lowest BCUT2D eigenvalue weighted by atomic mass is 10.1. The molecule has 4 nitrogen and oxygen atoms in total. The Morgan fingerprint density at radius 2 is 1.62 bits per heavy atom. The van der Waals surface area contributed by atoms with Gasteiger partial charge in [-0.1, -0.05) is 13.8 Å². The van der Waals surface area contributed by atoms with Crippen molar-refractivity contribution in [1.29, 1.82) is 0 Å². The Hall–Kier alpha value is -0.610. The third kappa shape index (κ3) is 6.08. The largest absolute Gasteiger partial charge is 0.480 e. The first kappa shape index (κ1) is 15.4. The van der Waals surface area contributed by atoms with E-state index in [9.17, 15) is 4.79 Å². The number of carbonyl (C=O) groups is 1. The van der Waals surface area contributed by atoms with Crippen molar-refractivity contribution < 1.29 is 9.90 Å². The molecule has 0 spiro atoms. The molecule has 0 aromatic heterocycles. The van der Waals surface area contributed by atoms with E-state index in [1.807, 2.05) is 4.90 Å². The van der Waals surface area contributed by atoms with E-state index >= 15 is 0 Å². The number of hydrogen-bond acceptors (Lipinski definition) is 3. The highest BCUT2D eigenvalue weighted by atomic mass is 16.4. The predicted octanol–water partition coefficient (Wildman–Crippen LogP) is 1.51. The van der Waals surface area contributed by atoms with Gasteiger partial charge in [0, 0.05) is 18.6 Å². The van der Waals surface area contributed by atoms with Crippen LogP contribution in [0.5, 0.6) is 0 Å². The molecule has 0 amide bonds. The van der Waals surface area contributed by atoms with Crippen LogP contribution in [0, 0.1) is 0 Å². The van der Waals surface area contributed by atoms with Crippen LogP contribution in [0.15, 0.2) is 0 Å². The molecular weight excluding hydrogens is 204 g/mol. The number of rotatable bonds is 7. The van der Waals surface area contributed by atoms with E-state index in [-0.39, 0.29) is 12.1 Å². The molecule has 0 unspecified atom stereocenters. The van der Waals surface area contributed by atoms with Crippen LogP contribution >= 0.6 is 0 Å². The van der Waals surface area contributed by atoms with Crippen LogP contribution in [0.2, 0.25) is 0 Å². The molecule has 0 rings (SSSR count). The van der Waals surface area contributed by atoms with Gasteiger partial charge in [-0.05, 0) is 33.9 Å². The van der Waals surface area contributed by atoms with E-state index < -0.39 is 5.97 Å². The molecule has 0 aliphatic heterocycles. The maximum atomic E-state index is 10.8. The molecule has 0 radical (unpaired) electrons. The minimum atomic E-state index is -0.755. The van der Waals surface area contributed by atoms with E-state index in [0.29, 0.717) is 0 Å². The number of nitrogens with zero attached hydrogens (tertiary/aromatic N) is 2. The minimum absolute atomic E-state index is 0.0917. The lowest BCUT2D eigenvalue weighted by Crippen LogP contribution is -2.47.